The second-order valence-corrected chi connectivity index (χ2v) is 17.5. The Labute approximate surface area is 343 Å². The van der Waals surface area contributed by atoms with Crippen molar-refractivity contribution in [3.8, 4) is 0 Å². The highest BCUT2D eigenvalue weighted by molar-refractivity contribution is 7.47. The van der Waals surface area contributed by atoms with E-state index in [4.69, 9.17) is 18.5 Å². The van der Waals surface area contributed by atoms with E-state index in [1.54, 1.807) is 0 Å². The molecule has 0 radical (unpaired) electrons. The third-order valence-electron chi connectivity index (χ3n) is 9.37. The monoisotopic (exact) mass is 811 g/mol. The molecule has 0 aliphatic rings. The molecule has 1 N–H and O–H groups in total. The van der Waals surface area contributed by atoms with E-state index in [0.29, 0.717) is 23.9 Å². The molecule has 9 nitrogen and oxygen atoms in total. The minimum Gasteiger partial charge on any atom is -0.462 e. The maximum Gasteiger partial charge on any atom is 0.472 e. The van der Waals surface area contributed by atoms with E-state index in [1.165, 1.54) is 77.0 Å². The number of likely N-dealkylation sites (N-methyl/N-ethyl adjacent to an activating group) is 1. The van der Waals surface area contributed by atoms with E-state index in [9.17, 15) is 19.0 Å². The first-order valence-electron chi connectivity index (χ1n) is 22.4. The number of allylic oxidation sites excluding steroid dienone is 8. The summed E-state index contributed by atoms with van der Waals surface area (Å²) in [5.41, 5.74) is 0. The number of hydrogen-bond donors (Lipinski definition) is 1. The highest BCUT2D eigenvalue weighted by Gasteiger charge is 2.27. The van der Waals surface area contributed by atoms with Crippen LogP contribution in [0.1, 0.15) is 181 Å². The van der Waals surface area contributed by atoms with Gasteiger partial charge < -0.3 is 18.9 Å². The number of hydrogen-bond acceptors (Lipinski definition) is 7. The summed E-state index contributed by atoms with van der Waals surface area (Å²) < 4.78 is 34.3. The molecule has 0 aliphatic carbocycles. The molecule has 0 saturated heterocycles. The molecule has 0 aromatic carbocycles. The van der Waals surface area contributed by atoms with Crippen LogP contribution in [-0.4, -0.2) is 74.9 Å². The van der Waals surface area contributed by atoms with E-state index in [1.807, 2.05) is 21.1 Å². The average molecular weight is 811 g/mol. The van der Waals surface area contributed by atoms with Gasteiger partial charge in [0.1, 0.15) is 19.8 Å². The van der Waals surface area contributed by atoms with Gasteiger partial charge in [0.2, 0.25) is 0 Å². The van der Waals surface area contributed by atoms with Crippen LogP contribution in [0.4, 0.5) is 0 Å². The molecule has 0 saturated carbocycles. The fourth-order valence-electron chi connectivity index (χ4n) is 5.89. The predicted molar refractivity (Wildman–Crippen MR) is 233 cm³/mol. The van der Waals surface area contributed by atoms with Crippen LogP contribution in [0, 0.1) is 0 Å². The van der Waals surface area contributed by atoms with E-state index in [-0.39, 0.29) is 26.1 Å². The Morgan fingerprint density at radius 3 is 1.52 bits per heavy atom. The van der Waals surface area contributed by atoms with E-state index < -0.39 is 32.5 Å². The quantitative estimate of drug-likeness (QED) is 0.0214. The number of quaternary nitrogens is 1. The van der Waals surface area contributed by atoms with Gasteiger partial charge in [-0.15, -0.1) is 0 Å². The lowest BCUT2D eigenvalue weighted by Gasteiger charge is -2.24. The van der Waals surface area contributed by atoms with Crippen molar-refractivity contribution in [3.63, 3.8) is 0 Å². The standard InChI is InChI=1S/C46H84NO8P/c1-6-8-10-12-14-16-18-20-22-23-25-26-28-30-32-34-36-38-45(48)52-42-44(43-54-56(50,51)53-41-40-47(3,4)5)55-46(49)39-37-35-33-31-29-27-24-21-19-17-15-13-11-9-7-2/h8,10,14,16,20,22,25-26,44H,6-7,9,11-13,15,17-19,21,23-24,27-43H2,1-5H3/p+1/b10-8-,16-14-,22-20-,26-25-/t44-/m1/s1. The first-order valence-corrected chi connectivity index (χ1v) is 23.9. The van der Waals surface area contributed by atoms with Crippen molar-refractivity contribution in [1.82, 2.24) is 0 Å². The number of carbonyl (C=O) groups is 2. The summed E-state index contributed by atoms with van der Waals surface area (Å²) in [7, 11) is 1.46. The molecule has 56 heavy (non-hydrogen) atoms. The van der Waals surface area contributed by atoms with Crippen molar-refractivity contribution in [1.29, 1.82) is 0 Å². The fourth-order valence-corrected chi connectivity index (χ4v) is 6.63. The lowest BCUT2D eigenvalue weighted by molar-refractivity contribution is -0.870. The molecule has 326 valence electrons. The maximum atomic E-state index is 12.7. The number of carbonyl (C=O) groups excluding carboxylic acids is 2. The number of unbranched alkanes of at least 4 members (excludes halogenated alkanes) is 18. The second kappa shape index (κ2) is 38.5. The lowest BCUT2D eigenvalue weighted by Crippen LogP contribution is -2.37. The summed E-state index contributed by atoms with van der Waals surface area (Å²) in [4.78, 5) is 35.4. The summed E-state index contributed by atoms with van der Waals surface area (Å²) in [5, 5.41) is 0. The molecule has 0 heterocycles. The topological polar surface area (TPSA) is 108 Å². The number of phosphoric ester groups is 1. The van der Waals surface area contributed by atoms with E-state index in [2.05, 4.69) is 62.5 Å². The van der Waals surface area contributed by atoms with Crippen LogP contribution < -0.4 is 0 Å². The van der Waals surface area contributed by atoms with Crippen LogP contribution in [-0.2, 0) is 32.7 Å². The molecule has 0 aromatic heterocycles. The van der Waals surface area contributed by atoms with E-state index in [0.717, 1.165) is 64.2 Å². The summed E-state index contributed by atoms with van der Waals surface area (Å²) >= 11 is 0. The Bertz CT molecular complexity index is 1100. The molecule has 1 unspecified atom stereocenters. The highest BCUT2D eigenvalue weighted by atomic mass is 31.2. The van der Waals surface area contributed by atoms with Crippen LogP contribution in [0.3, 0.4) is 0 Å². The van der Waals surface area contributed by atoms with Crippen LogP contribution in [0.2, 0.25) is 0 Å². The van der Waals surface area contributed by atoms with Crippen molar-refractivity contribution in [2.24, 2.45) is 0 Å². The summed E-state index contributed by atoms with van der Waals surface area (Å²) in [6.45, 7) is 4.28. The van der Waals surface area contributed by atoms with Gasteiger partial charge >= 0.3 is 19.8 Å². The Hall–Kier alpha value is -2.03. The Morgan fingerprint density at radius 1 is 0.571 bits per heavy atom. The largest absolute Gasteiger partial charge is 0.472 e. The SMILES string of the molecule is CC/C=C\C/C=C\C/C=C\C/C=C\CCCCCCC(=O)OC[C@H](COP(=O)(O)OCC[N+](C)(C)C)OC(=O)CCCCCCCCCCCCCCCCC. The summed E-state index contributed by atoms with van der Waals surface area (Å²) in [6, 6.07) is 0. The molecule has 0 spiro atoms. The number of nitrogens with zero attached hydrogens (tertiary/aromatic N) is 1. The third kappa shape index (κ3) is 41.6. The summed E-state index contributed by atoms with van der Waals surface area (Å²) in [6.07, 6.45) is 44.4. The first-order chi connectivity index (χ1) is 27.0. The normalized spacial score (nSPS) is 14.0. The van der Waals surface area contributed by atoms with Crippen LogP contribution in [0.25, 0.3) is 0 Å². The smallest absolute Gasteiger partial charge is 0.462 e. The second-order valence-electron chi connectivity index (χ2n) is 16.1. The highest BCUT2D eigenvalue weighted by Crippen LogP contribution is 2.43. The van der Waals surface area contributed by atoms with Gasteiger partial charge in [0.15, 0.2) is 6.10 Å². The molecule has 0 aromatic rings. The van der Waals surface area contributed by atoms with Crippen molar-refractivity contribution in [2.75, 3.05) is 47.5 Å². The molecule has 10 heteroatoms. The van der Waals surface area contributed by atoms with Gasteiger partial charge in [0.05, 0.1) is 27.7 Å². The Kier molecular flexibility index (Phi) is 37.1. The molecule has 0 rings (SSSR count). The van der Waals surface area contributed by atoms with Gasteiger partial charge in [-0.25, -0.2) is 4.57 Å². The molecule has 0 bridgehead atoms. The van der Waals surface area contributed by atoms with Gasteiger partial charge in [-0.3, -0.25) is 18.6 Å². The molecule has 0 aliphatic heterocycles. The van der Waals surface area contributed by atoms with Crippen LogP contribution in [0.15, 0.2) is 48.6 Å². The molecule has 0 amide bonds. The van der Waals surface area contributed by atoms with Gasteiger partial charge in [-0.1, -0.05) is 165 Å². The average Bonchev–Trinajstić information content (AvgIpc) is 3.15. The molecular formula is C46H85NO8P+. The minimum absolute atomic E-state index is 0.0271. The van der Waals surface area contributed by atoms with Crippen LogP contribution >= 0.6 is 7.82 Å². The van der Waals surface area contributed by atoms with Gasteiger partial charge in [-0.2, -0.15) is 0 Å². The van der Waals surface area contributed by atoms with Crippen molar-refractivity contribution in [2.45, 2.75) is 187 Å². The van der Waals surface area contributed by atoms with Crippen molar-refractivity contribution >= 4 is 19.8 Å². The van der Waals surface area contributed by atoms with Crippen molar-refractivity contribution < 1.29 is 42.1 Å². The molecule has 2 atom stereocenters. The molecule has 0 fully saturated rings. The minimum atomic E-state index is -4.38. The number of esters is 2. The fraction of sp³-hybridized carbons (Fsp3) is 0.783. The Morgan fingerprint density at radius 2 is 1.02 bits per heavy atom. The van der Waals surface area contributed by atoms with E-state index >= 15 is 0 Å². The first kappa shape index (κ1) is 54.0. The number of rotatable bonds is 40. The predicted octanol–water partition coefficient (Wildman–Crippen LogP) is 12.7. The van der Waals surface area contributed by atoms with Crippen molar-refractivity contribution in [3.05, 3.63) is 48.6 Å². The van der Waals surface area contributed by atoms with Gasteiger partial charge in [0, 0.05) is 12.8 Å². The van der Waals surface area contributed by atoms with Crippen LogP contribution in [0.5, 0.6) is 0 Å². The zero-order chi connectivity index (χ0) is 41.4. The zero-order valence-corrected chi connectivity index (χ0v) is 37.5. The third-order valence-corrected chi connectivity index (χ3v) is 10.4. The summed E-state index contributed by atoms with van der Waals surface area (Å²) in [5.74, 6) is -0.824. The number of ether oxygens (including phenoxy) is 2. The van der Waals surface area contributed by atoms with Gasteiger partial charge in [0.25, 0.3) is 0 Å². The molecular weight excluding hydrogens is 725 g/mol. The lowest BCUT2D eigenvalue weighted by atomic mass is 10.0. The maximum absolute atomic E-state index is 12.7. The zero-order valence-electron chi connectivity index (χ0n) is 36.6. The Balaban J connectivity index is 4.38. The number of phosphoric acid groups is 1. The van der Waals surface area contributed by atoms with Gasteiger partial charge in [-0.05, 0) is 51.4 Å².